The van der Waals surface area contributed by atoms with Gasteiger partial charge in [0, 0.05) is 0 Å². The number of halogens is 3. The maximum Gasteiger partial charge on any atom is 0.617 e. The monoisotopic (exact) mass is 312 g/mol. The van der Waals surface area contributed by atoms with Gasteiger partial charge in [-0.2, -0.15) is 0 Å². The van der Waals surface area contributed by atoms with Gasteiger partial charge in [-0.05, 0) is 41.5 Å². The van der Waals surface area contributed by atoms with Crippen LogP contribution in [0.2, 0.25) is 0 Å². The van der Waals surface area contributed by atoms with Gasteiger partial charge in [0.05, 0.1) is 0 Å². The Labute approximate surface area is 123 Å². The van der Waals surface area contributed by atoms with E-state index in [4.69, 9.17) is 27.7 Å². The van der Waals surface area contributed by atoms with Gasteiger partial charge in [0.2, 0.25) is 0 Å². The molecule has 1 saturated heterocycles. The van der Waals surface area contributed by atoms with E-state index < -0.39 is 39.5 Å². The molecule has 120 valence electrons. The molecule has 1 rings (SSSR count). The summed E-state index contributed by atoms with van der Waals surface area (Å²) in [6.07, 6.45) is 0. The van der Waals surface area contributed by atoms with Crippen LogP contribution in [0.5, 0.6) is 0 Å². The third kappa shape index (κ3) is 8.69. The maximum atomic E-state index is 13.5. The number of hydrogen-bond donors (Lipinski definition) is 0. The lowest BCUT2D eigenvalue weighted by molar-refractivity contribution is -0.106. The Morgan fingerprint density at radius 2 is 0.762 bits per heavy atom. The van der Waals surface area contributed by atoms with Crippen LogP contribution in [-0.2, 0) is 27.7 Å². The third-order valence-electron chi connectivity index (χ3n) is 1.80. The van der Waals surface area contributed by atoms with Crippen molar-refractivity contribution in [1.82, 2.24) is 0 Å². The predicted molar refractivity (Wildman–Crippen MR) is 69.3 cm³/mol. The average Bonchev–Trinajstić information content (AvgIpc) is 2.06. The Morgan fingerprint density at radius 3 is 0.905 bits per heavy atom. The van der Waals surface area contributed by atoms with Crippen LogP contribution < -0.4 is 0 Å². The van der Waals surface area contributed by atoms with Gasteiger partial charge in [0.15, 0.2) is 17.6 Å². The molecule has 1 heterocycles. The molecule has 0 saturated carbocycles. The highest BCUT2D eigenvalue weighted by Gasteiger charge is 2.51. The highest BCUT2D eigenvalue weighted by Crippen LogP contribution is 2.23. The van der Waals surface area contributed by atoms with Crippen molar-refractivity contribution in [2.24, 2.45) is 0 Å². The average molecular weight is 312 g/mol. The molecule has 0 N–H and O–H groups in total. The summed E-state index contributed by atoms with van der Waals surface area (Å²) in [6.45, 7) is 6.58. The van der Waals surface area contributed by atoms with Crippen LogP contribution in [0.4, 0.5) is 13.2 Å². The molecule has 0 amide bonds. The summed E-state index contributed by atoms with van der Waals surface area (Å²) in [5, 5.41) is 0. The van der Waals surface area contributed by atoms with E-state index in [0.29, 0.717) is 0 Å². The third-order valence-corrected chi connectivity index (χ3v) is 1.80. The lowest BCUT2D eigenvalue weighted by Crippen LogP contribution is -2.56. The minimum Gasteiger partial charge on any atom is -0.400 e. The van der Waals surface area contributed by atoms with Crippen molar-refractivity contribution in [2.75, 3.05) is 0 Å². The molecule has 6 nitrogen and oxygen atoms in total. The van der Waals surface area contributed by atoms with E-state index in [9.17, 15) is 13.2 Å². The predicted octanol–water partition coefficient (Wildman–Crippen LogP) is 2.17. The molecule has 0 atom stereocenters. The highest BCUT2D eigenvalue weighted by molar-refractivity contribution is 6.67. The van der Waals surface area contributed by atoms with Crippen LogP contribution in [0.15, 0.2) is 0 Å². The van der Waals surface area contributed by atoms with Crippen molar-refractivity contribution in [3.8, 4) is 0 Å². The highest BCUT2D eigenvalue weighted by atomic mass is 19.2. The Kier molecular flexibility index (Phi) is 5.79. The van der Waals surface area contributed by atoms with E-state index in [-0.39, 0.29) is 0 Å². The van der Waals surface area contributed by atoms with Crippen molar-refractivity contribution >= 4 is 22.0 Å². The molecule has 1 aliphatic heterocycles. The van der Waals surface area contributed by atoms with Gasteiger partial charge in [-0.1, -0.05) is 0 Å². The zero-order chi connectivity index (χ0) is 16.5. The van der Waals surface area contributed by atoms with Crippen LogP contribution >= 0.6 is 0 Å². The van der Waals surface area contributed by atoms with Crippen molar-refractivity contribution in [1.29, 1.82) is 0 Å². The second kappa shape index (κ2) is 6.47. The molecule has 0 aliphatic carbocycles. The molecular weight excluding hydrogens is 294 g/mol. The first-order chi connectivity index (χ1) is 9.23. The van der Waals surface area contributed by atoms with Crippen LogP contribution in [0, 0.1) is 0 Å². The minimum absolute atomic E-state index is 1.10. The second-order valence-electron chi connectivity index (χ2n) is 5.72. The fraction of sp³-hybridized carbons (Fsp3) is 1.00. The standard InChI is InChI=1S/C9H18B3F3O6/c1-7(2,13)16-10-19-11(17-8(3,4)14)21-12(20-10)18-9(5,6)15/h1-6H3. The first-order valence-electron chi connectivity index (χ1n) is 6.30. The maximum absolute atomic E-state index is 13.5. The van der Waals surface area contributed by atoms with E-state index in [1.807, 2.05) is 0 Å². The minimum atomic E-state index is -2.12. The largest absolute Gasteiger partial charge is 0.617 e. The quantitative estimate of drug-likeness (QED) is 0.701. The van der Waals surface area contributed by atoms with Crippen molar-refractivity contribution < 1.29 is 40.8 Å². The molecule has 12 heteroatoms. The number of rotatable bonds is 6. The molecule has 0 spiro atoms. The van der Waals surface area contributed by atoms with Crippen LogP contribution in [0.1, 0.15) is 41.5 Å². The van der Waals surface area contributed by atoms with Gasteiger partial charge in [0.25, 0.3) is 0 Å². The van der Waals surface area contributed by atoms with E-state index in [2.05, 4.69) is 0 Å². The van der Waals surface area contributed by atoms with Crippen molar-refractivity contribution in [3.05, 3.63) is 0 Å². The van der Waals surface area contributed by atoms with Gasteiger partial charge < -0.3 is 27.7 Å². The zero-order valence-corrected chi connectivity index (χ0v) is 12.8. The summed E-state index contributed by atoms with van der Waals surface area (Å²) in [4.78, 5) is 0. The smallest absolute Gasteiger partial charge is 0.400 e. The fourth-order valence-corrected chi connectivity index (χ4v) is 1.22. The topological polar surface area (TPSA) is 55.4 Å². The molecule has 0 radical (unpaired) electrons. The molecule has 0 bridgehead atoms. The fourth-order valence-electron chi connectivity index (χ4n) is 1.22. The van der Waals surface area contributed by atoms with Gasteiger partial charge in [-0.25, -0.2) is 13.2 Å². The van der Waals surface area contributed by atoms with Crippen LogP contribution in [-0.4, -0.2) is 39.5 Å². The molecule has 21 heavy (non-hydrogen) atoms. The van der Waals surface area contributed by atoms with E-state index >= 15 is 0 Å². The molecular formula is C9H18B3F3O6. The second-order valence-corrected chi connectivity index (χ2v) is 5.72. The van der Waals surface area contributed by atoms with Crippen LogP contribution in [0.25, 0.3) is 0 Å². The summed E-state index contributed by atoms with van der Waals surface area (Å²) in [5.74, 6) is -6.35. The first-order valence-corrected chi connectivity index (χ1v) is 6.30. The van der Waals surface area contributed by atoms with Gasteiger partial charge >= 0.3 is 22.0 Å². The molecule has 1 aliphatic rings. The summed E-state index contributed by atoms with van der Waals surface area (Å²) in [6, 6.07) is 0. The Hall–Kier alpha value is -0.255. The molecule has 0 aromatic carbocycles. The Bertz CT molecular complexity index is 285. The van der Waals surface area contributed by atoms with Crippen molar-refractivity contribution in [2.45, 2.75) is 59.1 Å². The van der Waals surface area contributed by atoms with E-state index in [1.165, 1.54) is 0 Å². The van der Waals surface area contributed by atoms with Crippen LogP contribution in [0.3, 0.4) is 0 Å². The van der Waals surface area contributed by atoms with Gasteiger partial charge in [-0.15, -0.1) is 0 Å². The first kappa shape index (κ1) is 18.8. The zero-order valence-electron chi connectivity index (χ0n) is 12.8. The molecule has 1 fully saturated rings. The van der Waals surface area contributed by atoms with E-state index in [0.717, 1.165) is 41.5 Å². The molecule has 0 unspecified atom stereocenters. The number of hydrogen-bond acceptors (Lipinski definition) is 6. The Balaban J connectivity index is 2.73. The summed E-state index contributed by atoms with van der Waals surface area (Å²) in [7, 11) is -4.88. The summed E-state index contributed by atoms with van der Waals surface area (Å²) < 4.78 is 69.4. The Morgan fingerprint density at radius 1 is 0.571 bits per heavy atom. The normalized spacial score (nSPS) is 18.4. The lowest BCUT2D eigenvalue weighted by Gasteiger charge is -2.33. The SMILES string of the molecule is CC(C)(F)OB1OB(OC(C)(C)F)OB(OC(C)(C)F)O1. The number of alkyl halides is 3. The lowest BCUT2D eigenvalue weighted by atomic mass is 9.95. The summed E-state index contributed by atoms with van der Waals surface area (Å²) >= 11 is 0. The van der Waals surface area contributed by atoms with Gasteiger partial charge in [0.1, 0.15) is 0 Å². The molecule has 0 aromatic heterocycles. The van der Waals surface area contributed by atoms with E-state index in [1.54, 1.807) is 0 Å². The van der Waals surface area contributed by atoms with Gasteiger partial charge in [-0.3, -0.25) is 0 Å². The molecule has 0 aromatic rings. The summed E-state index contributed by atoms with van der Waals surface area (Å²) in [5.41, 5.74) is 0. The van der Waals surface area contributed by atoms with Crippen molar-refractivity contribution in [3.63, 3.8) is 0 Å².